The lowest BCUT2D eigenvalue weighted by Crippen LogP contribution is -2.16. The number of carbonyl (C=O) groups is 2. The normalized spacial score (nSPS) is 12.6. The molecule has 0 amide bonds. The van der Waals surface area contributed by atoms with Crippen LogP contribution >= 0.6 is 0 Å². The molecule has 3 aromatic rings. The predicted octanol–water partition coefficient (Wildman–Crippen LogP) is 2.90. The van der Waals surface area contributed by atoms with Crippen molar-refractivity contribution in [2.24, 2.45) is 0 Å². The van der Waals surface area contributed by atoms with E-state index in [4.69, 9.17) is 24.4 Å². The fourth-order valence-corrected chi connectivity index (χ4v) is 3.66. The molecule has 0 fully saturated rings. The zero-order valence-electron chi connectivity index (χ0n) is 17.4. The number of esters is 2. The fourth-order valence-electron chi connectivity index (χ4n) is 3.66. The second kappa shape index (κ2) is 8.63. The Labute approximate surface area is 178 Å². The van der Waals surface area contributed by atoms with E-state index in [1.807, 2.05) is 18.2 Å². The van der Waals surface area contributed by atoms with Crippen LogP contribution in [-0.4, -0.2) is 35.1 Å². The number of rotatable bonds is 7. The Bertz CT molecular complexity index is 1150. The van der Waals surface area contributed by atoms with Gasteiger partial charge in [0.25, 0.3) is 0 Å². The molecular weight excluding hydrogens is 402 g/mol. The summed E-state index contributed by atoms with van der Waals surface area (Å²) in [5.41, 5.74) is 8.93. The first kappa shape index (κ1) is 20.6. The lowest BCUT2D eigenvalue weighted by atomic mass is 10.1. The Morgan fingerprint density at radius 2 is 1.97 bits per heavy atom. The van der Waals surface area contributed by atoms with Crippen molar-refractivity contribution in [1.82, 2.24) is 9.97 Å². The average molecular weight is 425 g/mol. The number of hydrogen-bond donors (Lipinski definition) is 1. The van der Waals surface area contributed by atoms with Crippen LogP contribution in [0.1, 0.15) is 46.4 Å². The molecule has 2 heterocycles. The SMILES string of the molecule is CCOC(=O)c1c(C)oc2nc(COC(=O)COc3ccc4c(c3)CCC4)nc(N)c12. The number of benzene rings is 1. The molecule has 0 aliphatic heterocycles. The Morgan fingerprint density at radius 1 is 1.16 bits per heavy atom. The molecule has 0 atom stereocenters. The molecule has 31 heavy (non-hydrogen) atoms. The number of nitrogen functional groups attached to an aromatic ring is 1. The van der Waals surface area contributed by atoms with Gasteiger partial charge in [0.2, 0.25) is 5.71 Å². The maximum atomic E-state index is 12.2. The van der Waals surface area contributed by atoms with E-state index in [9.17, 15) is 9.59 Å². The van der Waals surface area contributed by atoms with E-state index in [1.54, 1.807) is 13.8 Å². The van der Waals surface area contributed by atoms with E-state index in [-0.39, 0.29) is 48.1 Å². The van der Waals surface area contributed by atoms with E-state index in [0.717, 1.165) is 19.3 Å². The van der Waals surface area contributed by atoms with E-state index in [0.29, 0.717) is 11.5 Å². The zero-order valence-corrected chi connectivity index (χ0v) is 17.4. The van der Waals surface area contributed by atoms with Crippen molar-refractivity contribution in [2.45, 2.75) is 39.7 Å². The summed E-state index contributed by atoms with van der Waals surface area (Å²) in [5, 5.41) is 0.283. The van der Waals surface area contributed by atoms with Crippen molar-refractivity contribution in [3.63, 3.8) is 0 Å². The van der Waals surface area contributed by atoms with Crippen LogP contribution in [0.5, 0.6) is 5.75 Å². The lowest BCUT2D eigenvalue weighted by Gasteiger charge is -2.08. The minimum Gasteiger partial charge on any atom is -0.482 e. The molecule has 0 unspecified atom stereocenters. The van der Waals surface area contributed by atoms with E-state index >= 15 is 0 Å². The summed E-state index contributed by atoms with van der Waals surface area (Å²) in [6, 6.07) is 5.86. The third kappa shape index (κ3) is 4.30. The first-order valence-electron chi connectivity index (χ1n) is 10.1. The second-order valence-electron chi connectivity index (χ2n) is 7.19. The van der Waals surface area contributed by atoms with Crippen LogP contribution in [-0.2, 0) is 33.7 Å². The number of nitrogens with zero attached hydrogens (tertiary/aromatic N) is 2. The van der Waals surface area contributed by atoms with Crippen LogP contribution in [0.4, 0.5) is 5.82 Å². The number of aryl methyl sites for hydroxylation is 3. The van der Waals surface area contributed by atoms with Gasteiger partial charge in [0.1, 0.15) is 22.9 Å². The summed E-state index contributed by atoms with van der Waals surface area (Å²) >= 11 is 0. The van der Waals surface area contributed by atoms with Gasteiger partial charge in [0.15, 0.2) is 19.0 Å². The predicted molar refractivity (Wildman–Crippen MR) is 111 cm³/mol. The van der Waals surface area contributed by atoms with Crippen molar-refractivity contribution >= 4 is 28.9 Å². The molecule has 0 bridgehead atoms. The third-order valence-electron chi connectivity index (χ3n) is 5.07. The Hall–Kier alpha value is -3.62. The van der Waals surface area contributed by atoms with Gasteiger partial charge in [0.05, 0.1) is 12.0 Å². The standard InChI is InChI=1S/C22H23N3O6/c1-3-28-22(27)18-12(2)31-21-19(18)20(23)24-16(25-21)10-30-17(26)11-29-15-8-7-13-5-4-6-14(13)9-15/h7-9H,3-6,10-11H2,1-2H3,(H2,23,24,25). The first-order valence-corrected chi connectivity index (χ1v) is 10.1. The number of anilines is 1. The second-order valence-corrected chi connectivity index (χ2v) is 7.19. The van der Waals surface area contributed by atoms with Crippen LogP contribution in [0.25, 0.3) is 11.1 Å². The summed E-state index contributed by atoms with van der Waals surface area (Å²) < 4.78 is 21.3. The van der Waals surface area contributed by atoms with Crippen molar-refractivity contribution in [2.75, 3.05) is 18.9 Å². The van der Waals surface area contributed by atoms with Crippen molar-refractivity contribution < 1.29 is 28.2 Å². The molecule has 9 heteroatoms. The molecule has 0 radical (unpaired) electrons. The Kier molecular flexibility index (Phi) is 5.75. The fraction of sp³-hybridized carbons (Fsp3) is 0.364. The lowest BCUT2D eigenvalue weighted by molar-refractivity contribution is -0.147. The summed E-state index contributed by atoms with van der Waals surface area (Å²) in [6.07, 6.45) is 3.26. The van der Waals surface area contributed by atoms with Gasteiger partial charge >= 0.3 is 11.9 Å². The minimum atomic E-state index is -0.564. The summed E-state index contributed by atoms with van der Waals surface area (Å²) in [6.45, 7) is 3.09. The molecule has 0 saturated carbocycles. The molecular formula is C22H23N3O6. The van der Waals surface area contributed by atoms with Gasteiger partial charge in [-0.3, -0.25) is 0 Å². The quantitative estimate of drug-likeness (QED) is 0.568. The molecule has 9 nitrogen and oxygen atoms in total. The summed E-state index contributed by atoms with van der Waals surface area (Å²) in [7, 11) is 0. The van der Waals surface area contributed by atoms with Crippen LogP contribution in [0.2, 0.25) is 0 Å². The minimum absolute atomic E-state index is 0.0466. The number of ether oxygens (including phenoxy) is 3. The van der Waals surface area contributed by atoms with Crippen LogP contribution in [0, 0.1) is 6.92 Å². The largest absolute Gasteiger partial charge is 0.482 e. The number of hydrogen-bond acceptors (Lipinski definition) is 9. The van der Waals surface area contributed by atoms with Gasteiger partial charge in [-0.2, -0.15) is 4.98 Å². The molecule has 2 aromatic heterocycles. The maximum absolute atomic E-state index is 12.2. The van der Waals surface area contributed by atoms with Crippen LogP contribution in [0.15, 0.2) is 22.6 Å². The number of fused-ring (bicyclic) bond motifs is 2. The number of furan rings is 1. The molecule has 4 rings (SSSR count). The van der Waals surface area contributed by atoms with Gasteiger partial charge < -0.3 is 24.4 Å². The van der Waals surface area contributed by atoms with Crippen LogP contribution in [0.3, 0.4) is 0 Å². The Balaban J connectivity index is 1.39. The smallest absolute Gasteiger partial charge is 0.344 e. The maximum Gasteiger partial charge on any atom is 0.344 e. The molecule has 0 saturated heterocycles. The summed E-state index contributed by atoms with van der Waals surface area (Å²) in [5.74, 6) is 0.0383. The van der Waals surface area contributed by atoms with E-state index in [2.05, 4.69) is 9.97 Å². The molecule has 1 aliphatic carbocycles. The number of nitrogens with two attached hydrogens (primary N) is 1. The zero-order chi connectivity index (χ0) is 22.0. The average Bonchev–Trinajstić information content (AvgIpc) is 3.34. The molecule has 2 N–H and O–H groups in total. The number of carbonyl (C=O) groups excluding carboxylic acids is 2. The molecule has 1 aromatic carbocycles. The van der Waals surface area contributed by atoms with Gasteiger partial charge in [0, 0.05) is 0 Å². The van der Waals surface area contributed by atoms with E-state index in [1.165, 1.54) is 11.1 Å². The summed E-state index contributed by atoms with van der Waals surface area (Å²) in [4.78, 5) is 32.6. The van der Waals surface area contributed by atoms with Crippen molar-refractivity contribution in [3.05, 3.63) is 46.5 Å². The van der Waals surface area contributed by atoms with E-state index < -0.39 is 11.9 Å². The molecule has 162 valence electrons. The van der Waals surface area contributed by atoms with Gasteiger partial charge in [-0.15, -0.1) is 0 Å². The molecule has 0 spiro atoms. The monoisotopic (exact) mass is 425 g/mol. The highest BCUT2D eigenvalue weighted by molar-refractivity contribution is 6.07. The van der Waals surface area contributed by atoms with Gasteiger partial charge in [-0.1, -0.05) is 6.07 Å². The number of aromatic nitrogens is 2. The highest BCUT2D eigenvalue weighted by Crippen LogP contribution is 2.29. The Morgan fingerprint density at radius 3 is 2.77 bits per heavy atom. The first-order chi connectivity index (χ1) is 15.0. The highest BCUT2D eigenvalue weighted by atomic mass is 16.6. The third-order valence-corrected chi connectivity index (χ3v) is 5.07. The highest BCUT2D eigenvalue weighted by Gasteiger charge is 2.24. The van der Waals surface area contributed by atoms with Gasteiger partial charge in [-0.05, 0) is 56.4 Å². The van der Waals surface area contributed by atoms with Crippen LogP contribution < -0.4 is 10.5 Å². The van der Waals surface area contributed by atoms with Gasteiger partial charge in [-0.25, -0.2) is 14.6 Å². The molecule has 1 aliphatic rings. The van der Waals surface area contributed by atoms with Crippen molar-refractivity contribution in [1.29, 1.82) is 0 Å². The van der Waals surface area contributed by atoms with Crippen molar-refractivity contribution in [3.8, 4) is 5.75 Å². The topological polar surface area (TPSA) is 127 Å².